The number of rotatable bonds is 4. The van der Waals surface area contributed by atoms with E-state index in [0.29, 0.717) is 13.0 Å². The van der Waals surface area contributed by atoms with Crippen molar-refractivity contribution < 1.29 is 14.4 Å². The van der Waals surface area contributed by atoms with Crippen LogP contribution in [0.2, 0.25) is 0 Å². The van der Waals surface area contributed by atoms with Crippen molar-refractivity contribution in [3.63, 3.8) is 0 Å². The van der Waals surface area contributed by atoms with Crippen LogP contribution in [0.15, 0.2) is 41.8 Å². The van der Waals surface area contributed by atoms with Crippen molar-refractivity contribution in [2.75, 3.05) is 6.54 Å². The van der Waals surface area contributed by atoms with Crippen LogP contribution in [0.1, 0.15) is 34.9 Å². The fourth-order valence-electron chi connectivity index (χ4n) is 3.65. The summed E-state index contributed by atoms with van der Waals surface area (Å²) in [6, 6.07) is 10.9. The molecule has 2 aliphatic heterocycles. The first-order valence-corrected chi connectivity index (χ1v) is 9.53. The van der Waals surface area contributed by atoms with Crippen LogP contribution in [-0.2, 0) is 16.0 Å². The Balaban J connectivity index is 1.53. The predicted octanol–water partition coefficient (Wildman–Crippen LogP) is 2.21. The summed E-state index contributed by atoms with van der Waals surface area (Å²) in [6.45, 7) is 0.662. The lowest BCUT2D eigenvalue weighted by atomic mass is 9.92. The van der Waals surface area contributed by atoms with Gasteiger partial charge in [0.25, 0.3) is 5.91 Å². The predicted molar refractivity (Wildman–Crippen MR) is 97.7 cm³/mol. The first-order chi connectivity index (χ1) is 12.6. The lowest BCUT2D eigenvalue weighted by Gasteiger charge is -2.36. The molecule has 7 heteroatoms. The second-order valence-corrected chi connectivity index (χ2v) is 7.50. The van der Waals surface area contributed by atoms with Crippen molar-refractivity contribution in [3.05, 3.63) is 57.8 Å². The van der Waals surface area contributed by atoms with Crippen molar-refractivity contribution in [1.29, 1.82) is 0 Å². The molecule has 2 unspecified atom stereocenters. The topological polar surface area (TPSA) is 78.5 Å². The summed E-state index contributed by atoms with van der Waals surface area (Å²) >= 11 is 1.73. The second kappa shape index (κ2) is 6.92. The lowest BCUT2D eigenvalue weighted by molar-refractivity contribution is -0.133. The average molecular weight is 369 g/mol. The molecule has 2 N–H and O–H groups in total. The highest BCUT2D eigenvalue weighted by Crippen LogP contribution is 2.38. The van der Waals surface area contributed by atoms with E-state index in [-0.39, 0.29) is 24.3 Å². The molecule has 0 radical (unpaired) electrons. The van der Waals surface area contributed by atoms with E-state index < -0.39 is 12.1 Å². The average Bonchev–Trinajstić information content (AvgIpc) is 3.25. The fraction of sp³-hybridized carbons (Fsp3) is 0.316. The molecule has 4 rings (SSSR count). The third-order valence-electron chi connectivity index (χ3n) is 4.91. The van der Waals surface area contributed by atoms with E-state index in [4.69, 9.17) is 0 Å². The number of thiophene rings is 1. The molecule has 3 heterocycles. The van der Waals surface area contributed by atoms with Gasteiger partial charge in [-0.15, -0.1) is 11.3 Å². The monoisotopic (exact) mass is 369 g/mol. The summed E-state index contributed by atoms with van der Waals surface area (Å²) in [5.74, 6) is -0.356. The zero-order valence-electron chi connectivity index (χ0n) is 14.1. The number of amides is 4. The third-order valence-corrected chi connectivity index (χ3v) is 5.90. The molecule has 0 spiro atoms. The van der Waals surface area contributed by atoms with E-state index >= 15 is 0 Å². The molecule has 1 fully saturated rings. The normalized spacial score (nSPS) is 21.9. The largest absolute Gasteiger partial charge is 0.331 e. The van der Waals surface area contributed by atoms with Gasteiger partial charge < -0.3 is 10.2 Å². The van der Waals surface area contributed by atoms with Crippen molar-refractivity contribution in [2.45, 2.75) is 31.3 Å². The molecule has 6 nitrogen and oxygen atoms in total. The molecule has 0 saturated carbocycles. The van der Waals surface area contributed by atoms with Gasteiger partial charge in [0.1, 0.15) is 6.04 Å². The van der Waals surface area contributed by atoms with Crippen LogP contribution in [0.25, 0.3) is 0 Å². The maximum absolute atomic E-state index is 12.9. The van der Waals surface area contributed by atoms with Gasteiger partial charge in [-0.2, -0.15) is 0 Å². The number of carbonyl (C=O) groups excluding carboxylic acids is 3. The van der Waals surface area contributed by atoms with E-state index in [1.807, 2.05) is 35.2 Å². The number of imide groups is 1. The molecule has 2 aliphatic rings. The Morgan fingerprint density at radius 3 is 2.73 bits per heavy atom. The summed E-state index contributed by atoms with van der Waals surface area (Å²) in [7, 11) is 0. The summed E-state index contributed by atoms with van der Waals surface area (Å²) in [4.78, 5) is 39.1. The van der Waals surface area contributed by atoms with Gasteiger partial charge in [-0.1, -0.05) is 30.3 Å². The molecule has 1 saturated heterocycles. The van der Waals surface area contributed by atoms with Crippen LogP contribution >= 0.6 is 11.3 Å². The van der Waals surface area contributed by atoms with Crippen molar-refractivity contribution in [1.82, 2.24) is 15.5 Å². The summed E-state index contributed by atoms with van der Waals surface area (Å²) in [6.07, 6.45) is 1.38. The van der Waals surface area contributed by atoms with E-state index in [1.165, 1.54) is 10.4 Å². The molecule has 4 amide bonds. The number of hydrogen-bond donors (Lipinski definition) is 2. The van der Waals surface area contributed by atoms with Gasteiger partial charge in [0.2, 0.25) is 5.91 Å². The minimum Gasteiger partial charge on any atom is -0.331 e. The fourth-order valence-corrected chi connectivity index (χ4v) is 4.56. The minimum atomic E-state index is -0.622. The highest BCUT2D eigenvalue weighted by atomic mass is 32.1. The van der Waals surface area contributed by atoms with Gasteiger partial charge >= 0.3 is 6.03 Å². The van der Waals surface area contributed by atoms with E-state index in [0.717, 1.165) is 12.0 Å². The van der Waals surface area contributed by atoms with Crippen LogP contribution < -0.4 is 10.6 Å². The molecule has 1 aromatic heterocycles. The highest BCUT2D eigenvalue weighted by Gasteiger charge is 2.34. The van der Waals surface area contributed by atoms with Gasteiger partial charge in [0.15, 0.2) is 0 Å². The van der Waals surface area contributed by atoms with E-state index in [2.05, 4.69) is 22.1 Å². The van der Waals surface area contributed by atoms with Crippen LogP contribution in [0.4, 0.5) is 4.79 Å². The van der Waals surface area contributed by atoms with Gasteiger partial charge in [0, 0.05) is 17.8 Å². The van der Waals surface area contributed by atoms with Crippen LogP contribution in [0.5, 0.6) is 0 Å². The maximum Gasteiger partial charge on any atom is 0.322 e. The zero-order valence-corrected chi connectivity index (χ0v) is 14.9. The third kappa shape index (κ3) is 3.10. The van der Waals surface area contributed by atoms with Crippen LogP contribution in [-0.4, -0.2) is 35.3 Å². The minimum absolute atomic E-state index is 0.00431. The Kier molecular flexibility index (Phi) is 4.46. The number of carbonyl (C=O) groups is 3. The van der Waals surface area contributed by atoms with Crippen molar-refractivity contribution in [3.8, 4) is 0 Å². The molecule has 0 bridgehead atoms. The van der Waals surface area contributed by atoms with Gasteiger partial charge in [-0.25, -0.2) is 4.79 Å². The molecule has 2 aromatic rings. The molecule has 134 valence electrons. The van der Waals surface area contributed by atoms with Crippen molar-refractivity contribution >= 4 is 29.2 Å². The summed E-state index contributed by atoms with van der Waals surface area (Å²) in [5.41, 5.74) is 2.28. The first kappa shape index (κ1) is 16.8. The molecule has 26 heavy (non-hydrogen) atoms. The Morgan fingerprint density at radius 1 is 1.19 bits per heavy atom. The van der Waals surface area contributed by atoms with E-state index in [1.54, 1.807) is 11.3 Å². The van der Waals surface area contributed by atoms with Gasteiger partial charge in [-0.3, -0.25) is 14.9 Å². The number of nitrogens with zero attached hydrogens (tertiary/aromatic N) is 1. The lowest BCUT2D eigenvalue weighted by Crippen LogP contribution is -2.41. The Hall–Kier alpha value is -2.67. The Bertz CT molecular complexity index is 849. The van der Waals surface area contributed by atoms with Gasteiger partial charge in [0.05, 0.1) is 6.04 Å². The number of benzene rings is 1. The smallest absolute Gasteiger partial charge is 0.322 e. The number of urea groups is 1. The highest BCUT2D eigenvalue weighted by molar-refractivity contribution is 7.10. The van der Waals surface area contributed by atoms with Crippen molar-refractivity contribution in [2.24, 2.45) is 0 Å². The quantitative estimate of drug-likeness (QED) is 0.811. The molecule has 1 aromatic carbocycles. The van der Waals surface area contributed by atoms with E-state index in [9.17, 15) is 14.4 Å². The molecule has 2 atom stereocenters. The van der Waals surface area contributed by atoms with Crippen LogP contribution in [0.3, 0.4) is 0 Å². The second-order valence-electron chi connectivity index (χ2n) is 6.50. The summed E-state index contributed by atoms with van der Waals surface area (Å²) < 4.78 is 0. The standard InChI is InChI=1S/C19H19N3O3S/c23-16(7-6-14-18(24)21-19(25)20-14)22-10-8-15-13(9-11-26-15)17(22)12-4-2-1-3-5-12/h1-5,9,11,14,17H,6-8,10H2,(H2,20,21,24,25). The zero-order chi connectivity index (χ0) is 18.1. The van der Waals surface area contributed by atoms with Gasteiger partial charge in [-0.05, 0) is 35.4 Å². The number of nitrogens with one attached hydrogen (secondary N) is 2. The number of hydrogen-bond acceptors (Lipinski definition) is 4. The molecular formula is C19H19N3O3S. The Morgan fingerprint density at radius 2 is 2.00 bits per heavy atom. The Labute approximate surface area is 155 Å². The molecular weight excluding hydrogens is 350 g/mol. The SMILES string of the molecule is O=C1NC(=O)C(CCC(=O)N2CCc3sccc3C2c2ccccc2)N1. The first-order valence-electron chi connectivity index (χ1n) is 8.65. The molecule has 0 aliphatic carbocycles. The maximum atomic E-state index is 12.9. The summed E-state index contributed by atoms with van der Waals surface area (Å²) in [5, 5.41) is 6.83. The van der Waals surface area contributed by atoms with Crippen LogP contribution in [0, 0.1) is 0 Å². The number of fused-ring (bicyclic) bond motifs is 1.